The standard InChI is InChI=1S/C15H30N2O3/c1-4-15(3,12-16)14(18)17-8-6-13(7-9-17)20-11-10-19-5-2/h13H,4-12,16H2,1-3H3. The first-order valence-electron chi connectivity index (χ1n) is 7.76. The van der Waals surface area contributed by atoms with Crippen LogP contribution in [0.3, 0.4) is 0 Å². The SMILES string of the molecule is CCOCCOC1CCN(C(=O)C(C)(CC)CN)CC1. The van der Waals surface area contributed by atoms with Crippen LogP contribution in [0.25, 0.3) is 0 Å². The average Bonchev–Trinajstić information content (AvgIpc) is 2.50. The summed E-state index contributed by atoms with van der Waals surface area (Å²) in [5.41, 5.74) is 5.35. The number of ether oxygens (including phenoxy) is 2. The van der Waals surface area contributed by atoms with Gasteiger partial charge in [0.25, 0.3) is 0 Å². The van der Waals surface area contributed by atoms with Gasteiger partial charge in [-0.3, -0.25) is 4.79 Å². The topological polar surface area (TPSA) is 64.8 Å². The molecule has 0 aromatic carbocycles. The van der Waals surface area contributed by atoms with Crippen LogP contribution < -0.4 is 5.73 Å². The molecule has 0 aromatic rings. The van der Waals surface area contributed by atoms with E-state index in [1.54, 1.807) is 0 Å². The van der Waals surface area contributed by atoms with Crippen LogP contribution in [-0.2, 0) is 14.3 Å². The van der Waals surface area contributed by atoms with E-state index in [2.05, 4.69) is 0 Å². The van der Waals surface area contributed by atoms with Gasteiger partial charge in [-0.15, -0.1) is 0 Å². The maximum absolute atomic E-state index is 12.5. The molecule has 5 heteroatoms. The zero-order chi connectivity index (χ0) is 15.0. The van der Waals surface area contributed by atoms with Crippen LogP contribution >= 0.6 is 0 Å². The summed E-state index contributed by atoms with van der Waals surface area (Å²) in [5, 5.41) is 0. The van der Waals surface area contributed by atoms with Crippen LogP contribution in [0.4, 0.5) is 0 Å². The molecule has 5 nitrogen and oxygen atoms in total. The van der Waals surface area contributed by atoms with Gasteiger partial charge in [-0.25, -0.2) is 0 Å². The van der Waals surface area contributed by atoms with Crippen molar-refractivity contribution in [1.29, 1.82) is 0 Å². The van der Waals surface area contributed by atoms with Crippen LogP contribution in [0, 0.1) is 5.41 Å². The summed E-state index contributed by atoms with van der Waals surface area (Å²) in [6.07, 6.45) is 2.85. The highest BCUT2D eigenvalue weighted by atomic mass is 16.5. The summed E-state index contributed by atoms with van der Waals surface area (Å²) in [6, 6.07) is 0. The summed E-state index contributed by atoms with van der Waals surface area (Å²) in [7, 11) is 0. The molecule has 0 aliphatic carbocycles. The predicted molar refractivity (Wildman–Crippen MR) is 79.5 cm³/mol. The maximum Gasteiger partial charge on any atom is 0.229 e. The van der Waals surface area contributed by atoms with Crippen molar-refractivity contribution in [3.05, 3.63) is 0 Å². The Balaban J connectivity index is 2.33. The fourth-order valence-electron chi connectivity index (χ4n) is 2.41. The molecule has 1 saturated heterocycles. The van der Waals surface area contributed by atoms with Crippen LogP contribution in [0.1, 0.15) is 40.0 Å². The quantitative estimate of drug-likeness (QED) is 0.685. The molecule has 0 saturated carbocycles. The summed E-state index contributed by atoms with van der Waals surface area (Å²) in [6.45, 7) is 9.93. The largest absolute Gasteiger partial charge is 0.379 e. The van der Waals surface area contributed by atoms with Crippen molar-refractivity contribution in [1.82, 2.24) is 4.90 Å². The highest BCUT2D eigenvalue weighted by Crippen LogP contribution is 2.25. The van der Waals surface area contributed by atoms with Gasteiger partial charge in [-0.2, -0.15) is 0 Å². The van der Waals surface area contributed by atoms with Crippen LogP contribution in [0.15, 0.2) is 0 Å². The van der Waals surface area contributed by atoms with Crippen molar-refractivity contribution in [3.8, 4) is 0 Å². The second kappa shape index (κ2) is 8.60. The molecule has 0 radical (unpaired) electrons. The first kappa shape index (κ1) is 17.4. The fraction of sp³-hybridized carbons (Fsp3) is 0.933. The van der Waals surface area contributed by atoms with Crippen molar-refractivity contribution in [2.24, 2.45) is 11.1 Å². The Bertz CT molecular complexity index is 285. The molecule has 1 rings (SSSR count). The van der Waals surface area contributed by atoms with Crippen molar-refractivity contribution in [2.45, 2.75) is 46.1 Å². The van der Waals surface area contributed by atoms with E-state index in [-0.39, 0.29) is 12.0 Å². The molecule has 1 aliphatic rings. The van der Waals surface area contributed by atoms with E-state index in [1.165, 1.54) is 0 Å². The molecule has 1 fully saturated rings. The molecule has 20 heavy (non-hydrogen) atoms. The third-order valence-corrected chi connectivity index (χ3v) is 4.26. The smallest absolute Gasteiger partial charge is 0.229 e. The lowest BCUT2D eigenvalue weighted by Gasteiger charge is -2.37. The van der Waals surface area contributed by atoms with E-state index < -0.39 is 5.41 Å². The van der Waals surface area contributed by atoms with E-state index in [9.17, 15) is 4.79 Å². The summed E-state index contributed by atoms with van der Waals surface area (Å²) < 4.78 is 11.0. The van der Waals surface area contributed by atoms with Gasteiger partial charge in [0.1, 0.15) is 0 Å². The number of rotatable bonds is 8. The highest BCUT2D eigenvalue weighted by Gasteiger charge is 2.35. The third kappa shape index (κ3) is 4.72. The second-order valence-electron chi connectivity index (χ2n) is 5.68. The first-order chi connectivity index (χ1) is 9.57. The lowest BCUT2D eigenvalue weighted by molar-refractivity contribution is -0.143. The van der Waals surface area contributed by atoms with Crippen molar-refractivity contribution in [3.63, 3.8) is 0 Å². The van der Waals surface area contributed by atoms with Gasteiger partial charge >= 0.3 is 0 Å². The minimum atomic E-state index is -0.414. The number of hydrogen-bond donors (Lipinski definition) is 1. The molecule has 1 atom stereocenters. The van der Waals surface area contributed by atoms with Gasteiger partial charge in [0.05, 0.1) is 24.7 Å². The molecule has 2 N–H and O–H groups in total. The molecule has 0 spiro atoms. The van der Waals surface area contributed by atoms with Gasteiger partial charge in [-0.05, 0) is 33.1 Å². The van der Waals surface area contributed by atoms with Gasteiger partial charge in [-0.1, -0.05) is 6.92 Å². The molecular weight excluding hydrogens is 256 g/mol. The Morgan fingerprint density at radius 1 is 1.30 bits per heavy atom. The molecule has 1 heterocycles. The fourth-order valence-corrected chi connectivity index (χ4v) is 2.41. The minimum absolute atomic E-state index is 0.190. The van der Waals surface area contributed by atoms with E-state index in [1.807, 2.05) is 25.7 Å². The van der Waals surface area contributed by atoms with Crippen LogP contribution in [0.2, 0.25) is 0 Å². The Morgan fingerprint density at radius 2 is 1.95 bits per heavy atom. The van der Waals surface area contributed by atoms with Gasteiger partial charge in [0, 0.05) is 26.2 Å². The number of hydrogen-bond acceptors (Lipinski definition) is 4. The van der Waals surface area contributed by atoms with E-state index in [4.69, 9.17) is 15.2 Å². The Labute approximate surface area is 122 Å². The molecule has 1 amide bonds. The molecular formula is C15H30N2O3. The molecule has 0 aromatic heterocycles. The average molecular weight is 286 g/mol. The number of likely N-dealkylation sites (tertiary alicyclic amines) is 1. The normalized spacial score (nSPS) is 19.9. The Kier molecular flexibility index (Phi) is 7.48. The van der Waals surface area contributed by atoms with E-state index >= 15 is 0 Å². The summed E-state index contributed by atoms with van der Waals surface area (Å²) in [5.74, 6) is 0.190. The Morgan fingerprint density at radius 3 is 2.45 bits per heavy atom. The molecule has 118 valence electrons. The Hall–Kier alpha value is -0.650. The summed E-state index contributed by atoms with van der Waals surface area (Å²) in [4.78, 5) is 14.4. The number of nitrogens with two attached hydrogens (primary N) is 1. The van der Waals surface area contributed by atoms with Gasteiger partial charge in [0.15, 0.2) is 0 Å². The summed E-state index contributed by atoms with van der Waals surface area (Å²) >= 11 is 0. The number of amides is 1. The molecule has 1 aliphatic heterocycles. The lowest BCUT2D eigenvalue weighted by atomic mass is 9.85. The highest BCUT2D eigenvalue weighted by molar-refractivity contribution is 5.82. The molecule has 1 unspecified atom stereocenters. The predicted octanol–water partition coefficient (Wildman–Crippen LogP) is 1.41. The third-order valence-electron chi connectivity index (χ3n) is 4.26. The zero-order valence-corrected chi connectivity index (χ0v) is 13.2. The van der Waals surface area contributed by atoms with Gasteiger partial charge in [0.2, 0.25) is 5.91 Å². The van der Waals surface area contributed by atoms with Crippen LogP contribution in [-0.4, -0.2) is 56.4 Å². The van der Waals surface area contributed by atoms with Gasteiger partial charge < -0.3 is 20.1 Å². The number of nitrogens with zero attached hydrogens (tertiary/aromatic N) is 1. The minimum Gasteiger partial charge on any atom is -0.379 e. The van der Waals surface area contributed by atoms with Crippen molar-refractivity contribution < 1.29 is 14.3 Å². The van der Waals surface area contributed by atoms with Crippen molar-refractivity contribution in [2.75, 3.05) is 39.5 Å². The second-order valence-corrected chi connectivity index (χ2v) is 5.68. The zero-order valence-electron chi connectivity index (χ0n) is 13.2. The first-order valence-corrected chi connectivity index (χ1v) is 7.76. The maximum atomic E-state index is 12.5. The van der Waals surface area contributed by atoms with E-state index in [0.717, 1.165) is 39.0 Å². The lowest BCUT2D eigenvalue weighted by Crippen LogP contribution is -2.49. The van der Waals surface area contributed by atoms with E-state index in [0.29, 0.717) is 19.8 Å². The van der Waals surface area contributed by atoms with Crippen LogP contribution in [0.5, 0.6) is 0 Å². The number of carbonyl (C=O) groups is 1. The van der Waals surface area contributed by atoms with Crippen molar-refractivity contribution >= 4 is 5.91 Å². The number of carbonyl (C=O) groups excluding carboxylic acids is 1. The number of piperidine rings is 1. The molecule has 0 bridgehead atoms. The monoisotopic (exact) mass is 286 g/mol.